The maximum atomic E-state index is 12.0. The number of carbonyl (C=O) groups excluding carboxylic acids is 2. The van der Waals surface area contributed by atoms with Gasteiger partial charge in [0, 0.05) is 25.5 Å². The second kappa shape index (κ2) is 5.63. The molecule has 2 amide bonds. The van der Waals surface area contributed by atoms with Gasteiger partial charge in [-0.2, -0.15) is 0 Å². The van der Waals surface area contributed by atoms with Crippen LogP contribution in [0.25, 0.3) is 0 Å². The molecule has 0 saturated carbocycles. The fraction of sp³-hybridized carbons (Fsp3) is 0.545. The number of hydrogen-bond acceptors (Lipinski definition) is 4. The second-order valence-corrected chi connectivity index (χ2v) is 4.08. The Hall–Kier alpha value is -1.89. The van der Waals surface area contributed by atoms with Crippen LogP contribution in [-0.2, 0) is 9.53 Å². The lowest BCUT2D eigenvalue weighted by atomic mass is 10.2. The van der Waals surface area contributed by atoms with Crippen LogP contribution in [0.5, 0.6) is 0 Å². The van der Waals surface area contributed by atoms with Gasteiger partial charge < -0.3 is 15.0 Å². The number of aromatic nitrogens is 2. The van der Waals surface area contributed by atoms with Crippen molar-refractivity contribution in [2.75, 3.05) is 26.3 Å². The molecule has 1 aromatic heterocycles. The van der Waals surface area contributed by atoms with Crippen LogP contribution in [0.2, 0.25) is 0 Å². The molecule has 18 heavy (non-hydrogen) atoms. The van der Waals surface area contributed by atoms with Crippen molar-refractivity contribution >= 4 is 11.9 Å². The lowest BCUT2D eigenvalue weighted by Crippen LogP contribution is -2.51. The molecule has 1 fully saturated rings. The summed E-state index contributed by atoms with van der Waals surface area (Å²) in [6, 6.07) is -0.917. The summed E-state index contributed by atoms with van der Waals surface area (Å²) in [4.78, 5) is 29.2. The van der Waals surface area contributed by atoms with Crippen molar-refractivity contribution in [1.29, 1.82) is 0 Å². The summed E-state index contributed by atoms with van der Waals surface area (Å²) in [5.41, 5.74) is 0. The third-order valence-corrected chi connectivity index (χ3v) is 2.77. The molecule has 0 aromatic carbocycles. The summed E-state index contributed by atoms with van der Waals surface area (Å²) in [7, 11) is 0. The van der Waals surface area contributed by atoms with Crippen LogP contribution in [0.4, 0.5) is 4.79 Å². The topological polar surface area (TPSA) is 76.5 Å². The van der Waals surface area contributed by atoms with Crippen LogP contribution in [0.1, 0.15) is 6.92 Å². The largest absolute Gasteiger partial charge is 0.378 e. The van der Waals surface area contributed by atoms with Gasteiger partial charge in [-0.1, -0.05) is 0 Å². The van der Waals surface area contributed by atoms with Crippen molar-refractivity contribution in [1.82, 2.24) is 19.8 Å². The van der Waals surface area contributed by atoms with E-state index in [-0.39, 0.29) is 11.9 Å². The van der Waals surface area contributed by atoms with Gasteiger partial charge in [-0.3, -0.25) is 9.36 Å². The van der Waals surface area contributed by atoms with Gasteiger partial charge in [0.25, 0.3) is 0 Å². The molecule has 1 unspecified atom stereocenters. The number of nitrogens with zero attached hydrogens (tertiary/aromatic N) is 3. The first-order chi connectivity index (χ1) is 8.68. The summed E-state index contributed by atoms with van der Waals surface area (Å²) in [5.74, 6) is -0.0910. The lowest BCUT2D eigenvalue weighted by Gasteiger charge is -2.29. The molecule has 7 nitrogen and oxygen atoms in total. The summed E-state index contributed by atoms with van der Waals surface area (Å²) >= 11 is 0. The minimum Gasteiger partial charge on any atom is -0.378 e. The molecule has 1 saturated heterocycles. The Balaban J connectivity index is 1.88. The van der Waals surface area contributed by atoms with Crippen molar-refractivity contribution in [3.05, 3.63) is 18.7 Å². The Labute approximate surface area is 105 Å². The van der Waals surface area contributed by atoms with E-state index in [4.69, 9.17) is 4.74 Å². The van der Waals surface area contributed by atoms with Crippen LogP contribution in [0.3, 0.4) is 0 Å². The highest BCUT2D eigenvalue weighted by molar-refractivity contribution is 5.87. The zero-order valence-corrected chi connectivity index (χ0v) is 10.2. The molecule has 7 heteroatoms. The minimum atomic E-state index is -0.557. The molecule has 1 aliphatic heterocycles. The van der Waals surface area contributed by atoms with Crippen molar-refractivity contribution in [2.24, 2.45) is 0 Å². The van der Waals surface area contributed by atoms with Crippen molar-refractivity contribution < 1.29 is 14.3 Å². The Morgan fingerprint density at radius 3 is 2.72 bits per heavy atom. The van der Waals surface area contributed by atoms with Gasteiger partial charge >= 0.3 is 6.03 Å². The van der Waals surface area contributed by atoms with Gasteiger partial charge in [0.2, 0.25) is 5.91 Å². The van der Waals surface area contributed by atoms with E-state index < -0.39 is 6.04 Å². The predicted molar refractivity (Wildman–Crippen MR) is 63.0 cm³/mol. The summed E-state index contributed by atoms with van der Waals surface area (Å²) in [6.45, 7) is 3.92. The van der Waals surface area contributed by atoms with Crippen molar-refractivity contribution in [3.63, 3.8) is 0 Å². The first-order valence-corrected chi connectivity index (χ1v) is 5.84. The highest BCUT2D eigenvalue weighted by Crippen LogP contribution is 2.01. The highest BCUT2D eigenvalue weighted by atomic mass is 16.5. The number of ether oxygens (including phenoxy) is 1. The van der Waals surface area contributed by atoms with Gasteiger partial charge in [-0.15, -0.1) is 0 Å². The molecule has 0 aliphatic carbocycles. The lowest BCUT2D eigenvalue weighted by molar-refractivity contribution is -0.136. The first-order valence-electron chi connectivity index (χ1n) is 5.84. The molecule has 1 atom stereocenters. The molecule has 2 rings (SSSR count). The second-order valence-electron chi connectivity index (χ2n) is 4.08. The molecule has 1 aliphatic rings. The number of imidazole rings is 1. The predicted octanol–water partition coefficient (Wildman–Crippen LogP) is -0.312. The van der Waals surface area contributed by atoms with Crippen LogP contribution in [0, 0.1) is 0 Å². The average Bonchev–Trinajstić information content (AvgIpc) is 2.92. The third kappa shape index (κ3) is 2.86. The maximum absolute atomic E-state index is 12.0. The molecule has 1 N–H and O–H groups in total. The molecule has 98 valence electrons. The monoisotopic (exact) mass is 252 g/mol. The van der Waals surface area contributed by atoms with Gasteiger partial charge in [-0.05, 0) is 6.92 Å². The van der Waals surface area contributed by atoms with Crippen molar-refractivity contribution in [3.8, 4) is 0 Å². The van der Waals surface area contributed by atoms with E-state index in [9.17, 15) is 9.59 Å². The summed E-state index contributed by atoms with van der Waals surface area (Å²) in [6.07, 6.45) is 4.43. The number of amides is 2. The summed E-state index contributed by atoms with van der Waals surface area (Å²) in [5, 5.41) is 2.63. The fourth-order valence-corrected chi connectivity index (χ4v) is 1.76. The average molecular weight is 252 g/mol. The Morgan fingerprint density at radius 2 is 2.11 bits per heavy atom. The summed E-state index contributed by atoms with van der Waals surface area (Å²) < 4.78 is 6.47. The molecule has 2 heterocycles. The maximum Gasteiger partial charge on any atom is 0.327 e. The quantitative estimate of drug-likeness (QED) is 0.783. The van der Waals surface area contributed by atoms with Gasteiger partial charge in [-0.25, -0.2) is 9.78 Å². The number of morpholine rings is 1. The van der Waals surface area contributed by atoms with E-state index >= 15 is 0 Å². The normalized spacial score (nSPS) is 17.3. The van der Waals surface area contributed by atoms with E-state index in [1.165, 1.54) is 23.3 Å². The third-order valence-electron chi connectivity index (χ3n) is 2.77. The van der Waals surface area contributed by atoms with Crippen LogP contribution in [-0.4, -0.2) is 58.7 Å². The first kappa shape index (κ1) is 12.6. The smallest absolute Gasteiger partial charge is 0.327 e. The van der Waals surface area contributed by atoms with Gasteiger partial charge in [0.15, 0.2) is 0 Å². The molecular weight excluding hydrogens is 236 g/mol. The van der Waals surface area contributed by atoms with E-state index in [0.717, 1.165) is 0 Å². The molecular formula is C11H16N4O3. The Kier molecular flexibility index (Phi) is 3.93. The SMILES string of the molecule is CC(NC(=O)n1ccnc1)C(=O)N1CCOCC1. The van der Waals surface area contributed by atoms with Gasteiger partial charge in [0.05, 0.1) is 13.2 Å². The number of hydrogen-bond donors (Lipinski definition) is 1. The van der Waals surface area contributed by atoms with Crippen molar-refractivity contribution in [2.45, 2.75) is 13.0 Å². The number of rotatable bonds is 2. The zero-order chi connectivity index (χ0) is 13.0. The van der Waals surface area contributed by atoms with Crippen LogP contribution < -0.4 is 5.32 Å². The molecule has 1 aromatic rings. The highest BCUT2D eigenvalue weighted by Gasteiger charge is 2.23. The van der Waals surface area contributed by atoms with E-state index in [1.807, 2.05) is 0 Å². The molecule has 0 bridgehead atoms. The Morgan fingerprint density at radius 1 is 1.39 bits per heavy atom. The zero-order valence-electron chi connectivity index (χ0n) is 10.2. The van der Waals surface area contributed by atoms with Gasteiger partial charge in [0.1, 0.15) is 12.4 Å². The van der Waals surface area contributed by atoms with E-state index in [2.05, 4.69) is 10.3 Å². The number of nitrogens with one attached hydrogen (secondary N) is 1. The Bertz CT molecular complexity index is 412. The van der Waals surface area contributed by atoms with E-state index in [0.29, 0.717) is 26.3 Å². The molecule has 0 radical (unpaired) electrons. The van der Waals surface area contributed by atoms with Crippen LogP contribution >= 0.6 is 0 Å². The van der Waals surface area contributed by atoms with E-state index in [1.54, 1.807) is 11.8 Å². The van der Waals surface area contributed by atoms with Crippen LogP contribution in [0.15, 0.2) is 18.7 Å². The molecule has 0 spiro atoms. The number of carbonyl (C=O) groups is 2. The minimum absolute atomic E-state index is 0.0910. The fourth-order valence-electron chi connectivity index (χ4n) is 1.76. The standard InChI is InChI=1S/C11H16N4O3/c1-9(10(16)14-4-6-18-7-5-14)13-11(17)15-3-2-12-8-15/h2-3,8-9H,4-7H2,1H3,(H,13,17).